The van der Waals surface area contributed by atoms with Crippen LogP contribution in [-0.4, -0.2) is 50.8 Å². The second kappa shape index (κ2) is 9.19. The molecule has 0 spiro atoms. The summed E-state index contributed by atoms with van der Waals surface area (Å²) in [4.78, 5) is 2.63. The first kappa shape index (κ1) is 16.5. The van der Waals surface area contributed by atoms with Crippen molar-refractivity contribution in [3.63, 3.8) is 0 Å². The lowest BCUT2D eigenvalue weighted by atomic mass is 9.89. The summed E-state index contributed by atoms with van der Waals surface area (Å²) in [6, 6.07) is 11.5. The summed E-state index contributed by atoms with van der Waals surface area (Å²) in [5.41, 5.74) is 1.49. The number of likely N-dealkylation sites (tertiary alicyclic amines) is 1. The minimum atomic E-state index is 0.625. The van der Waals surface area contributed by atoms with Crippen molar-refractivity contribution in [3.8, 4) is 0 Å². The van der Waals surface area contributed by atoms with Crippen LogP contribution in [0.3, 0.4) is 0 Å². The maximum absolute atomic E-state index is 5.06. The molecule has 1 aliphatic rings. The van der Waals surface area contributed by atoms with Crippen LogP contribution in [0.15, 0.2) is 30.3 Å². The minimum absolute atomic E-state index is 0.625. The maximum atomic E-state index is 5.06. The van der Waals surface area contributed by atoms with E-state index in [0.717, 1.165) is 25.6 Å². The van der Waals surface area contributed by atoms with Crippen LogP contribution in [0.4, 0.5) is 0 Å². The molecule has 0 aliphatic carbocycles. The Balaban J connectivity index is 1.65. The van der Waals surface area contributed by atoms with Gasteiger partial charge in [0.1, 0.15) is 0 Å². The van der Waals surface area contributed by atoms with E-state index < -0.39 is 0 Å². The Bertz CT molecular complexity index is 374. The number of hydrogen-bond donors (Lipinski definition) is 1. The Morgan fingerprint density at radius 2 is 1.95 bits per heavy atom. The first-order valence-electron chi connectivity index (χ1n) is 8.27. The van der Waals surface area contributed by atoms with Crippen LogP contribution in [0.1, 0.15) is 25.3 Å². The van der Waals surface area contributed by atoms with Gasteiger partial charge in [0, 0.05) is 26.2 Å². The molecule has 0 amide bonds. The molecule has 0 saturated carbocycles. The zero-order valence-corrected chi connectivity index (χ0v) is 13.6. The van der Waals surface area contributed by atoms with E-state index >= 15 is 0 Å². The van der Waals surface area contributed by atoms with Gasteiger partial charge in [-0.3, -0.25) is 4.90 Å². The lowest BCUT2D eigenvalue weighted by molar-refractivity contribution is 0.135. The molecule has 1 atom stereocenters. The SMILES string of the molecule is COCCNCC(C)N1CCC(Cc2ccccc2)CC1. The predicted octanol–water partition coefficient (Wildman–Crippen LogP) is 2.57. The van der Waals surface area contributed by atoms with Gasteiger partial charge in [-0.25, -0.2) is 0 Å². The third-order valence-corrected chi connectivity index (χ3v) is 4.56. The molecule has 3 heteroatoms. The lowest BCUT2D eigenvalue weighted by Crippen LogP contribution is -2.45. The van der Waals surface area contributed by atoms with Gasteiger partial charge in [-0.2, -0.15) is 0 Å². The van der Waals surface area contributed by atoms with Crippen molar-refractivity contribution in [2.75, 3.05) is 39.9 Å². The third-order valence-electron chi connectivity index (χ3n) is 4.56. The summed E-state index contributed by atoms with van der Waals surface area (Å²) in [6.07, 6.45) is 3.91. The quantitative estimate of drug-likeness (QED) is 0.745. The topological polar surface area (TPSA) is 24.5 Å². The molecule has 0 bridgehead atoms. The number of methoxy groups -OCH3 is 1. The molecule has 3 nitrogen and oxygen atoms in total. The molecule has 2 rings (SSSR count). The zero-order valence-electron chi connectivity index (χ0n) is 13.6. The van der Waals surface area contributed by atoms with E-state index in [1.54, 1.807) is 7.11 Å². The number of hydrogen-bond acceptors (Lipinski definition) is 3. The Morgan fingerprint density at radius 1 is 1.24 bits per heavy atom. The number of benzene rings is 1. The van der Waals surface area contributed by atoms with Crippen LogP contribution < -0.4 is 5.32 Å². The molecule has 1 saturated heterocycles. The number of piperidine rings is 1. The molecular weight excluding hydrogens is 260 g/mol. The Labute approximate surface area is 129 Å². The summed E-state index contributed by atoms with van der Waals surface area (Å²) in [7, 11) is 1.75. The highest BCUT2D eigenvalue weighted by atomic mass is 16.5. The van der Waals surface area contributed by atoms with Gasteiger partial charge in [0.2, 0.25) is 0 Å². The monoisotopic (exact) mass is 290 g/mol. The fraction of sp³-hybridized carbons (Fsp3) is 0.667. The maximum Gasteiger partial charge on any atom is 0.0587 e. The van der Waals surface area contributed by atoms with Crippen LogP contribution in [0.2, 0.25) is 0 Å². The van der Waals surface area contributed by atoms with Crippen molar-refractivity contribution in [1.82, 2.24) is 10.2 Å². The molecule has 0 aromatic heterocycles. The van der Waals surface area contributed by atoms with Gasteiger partial charge < -0.3 is 10.1 Å². The van der Waals surface area contributed by atoms with Gasteiger partial charge in [0.05, 0.1) is 6.61 Å². The second-order valence-electron chi connectivity index (χ2n) is 6.22. The molecule has 1 unspecified atom stereocenters. The van der Waals surface area contributed by atoms with Crippen molar-refractivity contribution in [2.45, 2.75) is 32.2 Å². The third kappa shape index (κ3) is 5.77. The van der Waals surface area contributed by atoms with Gasteiger partial charge in [0.25, 0.3) is 0 Å². The van der Waals surface area contributed by atoms with Crippen LogP contribution in [0.25, 0.3) is 0 Å². The van der Waals surface area contributed by atoms with E-state index in [-0.39, 0.29) is 0 Å². The smallest absolute Gasteiger partial charge is 0.0587 e. The highest BCUT2D eigenvalue weighted by Gasteiger charge is 2.22. The first-order valence-corrected chi connectivity index (χ1v) is 8.27. The van der Waals surface area contributed by atoms with E-state index in [9.17, 15) is 0 Å². The molecule has 1 aromatic carbocycles. The number of rotatable bonds is 8. The predicted molar refractivity (Wildman–Crippen MR) is 88.7 cm³/mol. The highest BCUT2D eigenvalue weighted by molar-refractivity contribution is 5.15. The molecule has 1 N–H and O–H groups in total. The van der Waals surface area contributed by atoms with Crippen molar-refractivity contribution >= 4 is 0 Å². The first-order chi connectivity index (χ1) is 10.3. The summed E-state index contributed by atoms with van der Waals surface area (Å²) >= 11 is 0. The second-order valence-corrected chi connectivity index (χ2v) is 6.22. The van der Waals surface area contributed by atoms with E-state index in [0.29, 0.717) is 6.04 Å². The standard InChI is InChI=1S/C18H30N2O/c1-16(15-19-10-13-21-2)20-11-8-18(9-12-20)14-17-6-4-3-5-7-17/h3-7,16,18-19H,8-15H2,1-2H3. The molecule has 118 valence electrons. The lowest BCUT2D eigenvalue weighted by Gasteiger charge is -2.36. The Morgan fingerprint density at radius 3 is 2.62 bits per heavy atom. The number of nitrogens with one attached hydrogen (secondary N) is 1. The van der Waals surface area contributed by atoms with Gasteiger partial charge in [0.15, 0.2) is 0 Å². The van der Waals surface area contributed by atoms with Crippen molar-refractivity contribution in [2.24, 2.45) is 5.92 Å². The summed E-state index contributed by atoms with van der Waals surface area (Å²) in [5, 5.41) is 3.47. The van der Waals surface area contributed by atoms with Crippen molar-refractivity contribution in [1.29, 1.82) is 0 Å². The molecule has 1 fully saturated rings. The summed E-state index contributed by atoms with van der Waals surface area (Å²) in [6.45, 7) is 7.62. The molecule has 1 aliphatic heterocycles. The van der Waals surface area contributed by atoms with Crippen LogP contribution in [-0.2, 0) is 11.2 Å². The molecular formula is C18H30N2O. The molecule has 0 radical (unpaired) electrons. The fourth-order valence-corrected chi connectivity index (χ4v) is 3.16. The Kier molecular flexibility index (Phi) is 7.20. The summed E-state index contributed by atoms with van der Waals surface area (Å²) in [5.74, 6) is 0.859. The number of nitrogens with zero attached hydrogens (tertiary/aromatic N) is 1. The van der Waals surface area contributed by atoms with E-state index in [2.05, 4.69) is 47.5 Å². The largest absolute Gasteiger partial charge is 0.383 e. The van der Waals surface area contributed by atoms with E-state index in [4.69, 9.17) is 4.74 Å². The molecule has 1 heterocycles. The van der Waals surface area contributed by atoms with Gasteiger partial charge in [-0.1, -0.05) is 30.3 Å². The minimum Gasteiger partial charge on any atom is -0.383 e. The zero-order chi connectivity index (χ0) is 14.9. The van der Waals surface area contributed by atoms with E-state index in [1.807, 2.05) is 0 Å². The van der Waals surface area contributed by atoms with Crippen molar-refractivity contribution in [3.05, 3.63) is 35.9 Å². The van der Waals surface area contributed by atoms with E-state index in [1.165, 1.54) is 37.9 Å². The van der Waals surface area contributed by atoms with Crippen LogP contribution in [0, 0.1) is 5.92 Å². The number of ether oxygens (including phenoxy) is 1. The Hall–Kier alpha value is -0.900. The molecule has 21 heavy (non-hydrogen) atoms. The van der Waals surface area contributed by atoms with Gasteiger partial charge in [-0.15, -0.1) is 0 Å². The summed E-state index contributed by atoms with van der Waals surface area (Å²) < 4.78 is 5.06. The van der Waals surface area contributed by atoms with Crippen LogP contribution in [0.5, 0.6) is 0 Å². The molecule has 1 aromatic rings. The van der Waals surface area contributed by atoms with Crippen molar-refractivity contribution < 1.29 is 4.74 Å². The normalized spacial score (nSPS) is 18.8. The average molecular weight is 290 g/mol. The van der Waals surface area contributed by atoms with Gasteiger partial charge >= 0.3 is 0 Å². The average Bonchev–Trinajstić information content (AvgIpc) is 2.53. The highest BCUT2D eigenvalue weighted by Crippen LogP contribution is 2.22. The fourth-order valence-electron chi connectivity index (χ4n) is 3.16. The van der Waals surface area contributed by atoms with Gasteiger partial charge in [-0.05, 0) is 50.8 Å². The van der Waals surface area contributed by atoms with Crippen LogP contribution >= 0.6 is 0 Å².